The van der Waals surface area contributed by atoms with Crippen LogP contribution < -0.4 is 10.2 Å². The van der Waals surface area contributed by atoms with Crippen molar-refractivity contribution in [2.75, 3.05) is 31.1 Å². The predicted molar refractivity (Wildman–Crippen MR) is 67.9 cm³/mol. The first-order valence-corrected chi connectivity index (χ1v) is 6.12. The summed E-state index contributed by atoms with van der Waals surface area (Å²) in [5.41, 5.74) is 1.80. The Hall–Kier alpha value is -2.04. The summed E-state index contributed by atoms with van der Waals surface area (Å²) in [7, 11) is 0. The molecule has 1 N–H and O–H groups in total. The minimum Gasteiger partial charge on any atom is -0.368 e. The molecule has 2 saturated heterocycles. The second kappa shape index (κ2) is 4.33. The molecule has 2 aliphatic heterocycles. The lowest BCUT2D eigenvalue weighted by Crippen LogP contribution is -2.52. The lowest BCUT2D eigenvalue weighted by molar-refractivity contribution is 0.112. The monoisotopic (exact) mass is 245 g/mol. The second-order valence-electron chi connectivity index (χ2n) is 4.69. The minimum absolute atomic E-state index is 0.0518. The van der Waals surface area contributed by atoms with E-state index in [1.54, 1.807) is 0 Å². The van der Waals surface area contributed by atoms with Crippen molar-refractivity contribution in [3.63, 3.8) is 0 Å². The van der Waals surface area contributed by atoms with Gasteiger partial charge in [-0.05, 0) is 24.3 Å². The Bertz CT molecular complexity index is 472. The predicted octanol–water partition coefficient (Wildman–Crippen LogP) is 0.713. The quantitative estimate of drug-likeness (QED) is 0.781. The number of aldehydes is 1. The standard InChI is InChI=1S/C13H15N3O2/c17-9-10-1-3-11(4-2-10)15-5-6-16-12(8-15)7-14-13(16)18/h1-4,9,12H,5-8H2,(H,14,18). The third-order valence-corrected chi connectivity index (χ3v) is 3.63. The maximum atomic E-state index is 11.5. The molecule has 2 heterocycles. The smallest absolute Gasteiger partial charge is 0.317 e. The molecule has 1 aromatic carbocycles. The third-order valence-electron chi connectivity index (χ3n) is 3.63. The van der Waals surface area contributed by atoms with Gasteiger partial charge in [0.2, 0.25) is 0 Å². The van der Waals surface area contributed by atoms with Gasteiger partial charge < -0.3 is 15.1 Å². The fourth-order valence-electron chi connectivity index (χ4n) is 2.60. The van der Waals surface area contributed by atoms with Gasteiger partial charge in [0.25, 0.3) is 0 Å². The van der Waals surface area contributed by atoms with E-state index in [1.165, 1.54) is 0 Å². The number of nitrogens with one attached hydrogen (secondary N) is 1. The molecule has 1 aromatic rings. The Kier molecular flexibility index (Phi) is 2.66. The summed E-state index contributed by atoms with van der Waals surface area (Å²) >= 11 is 0. The van der Waals surface area contributed by atoms with Crippen LogP contribution in [0.15, 0.2) is 24.3 Å². The summed E-state index contributed by atoms with van der Waals surface area (Å²) in [4.78, 5) is 26.3. The molecule has 5 nitrogen and oxygen atoms in total. The molecule has 1 atom stereocenters. The second-order valence-corrected chi connectivity index (χ2v) is 4.69. The van der Waals surface area contributed by atoms with Crippen LogP contribution in [0.5, 0.6) is 0 Å². The Morgan fingerprint density at radius 1 is 1.22 bits per heavy atom. The maximum absolute atomic E-state index is 11.5. The van der Waals surface area contributed by atoms with Gasteiger partial charge in [-0.25, -0.2) is 4.79 Å². The van der Waals surface area contributed by atoms with Gasteiger partial charge in [0.1, 0.15) is 6.29 Å². The fourth-order valence-corrected chi connectivity index (χ4v) is 2.60. The molecule has 2 fully saturated rings. The number of nitrogens with zero attached hydrogens (tertiary/aromatic N) is 2. The Labute approximate surface area is 105 Å². The van der Waals surface area contributed by atoms with Crippen LogP contribution >= 0.6 is 0 Å². The Balaban J connectivity index is 1.74. The van der Waals surface area contributed by atoms with Gasteiger partial charge in [-0.15, -0.1) is 0 Å². The van der Waals surface area contributed by atoms with Crippen LogP contribution in [0, 0.1) is 0 Å². The minimum atomic E-state index is 0.0518. The van der Waals surface area contributed by atoms with E-state index < -0.39 is 0 Å². The largest absolute Gasteiger partial charge is 0.368 e. The number of urea groups is 1. The van der Waals surface area contributed by atoms with Gasteiger partial charge in [0.05, 0.1) is 6.04 Å². The van der Waals surface area contributed by atoms with Gasteiger partial charge in [0, 0.05) is 37.4 Å². The van der Waals surface area contributed by atoms with Crippen LogP contribution in [0.1, 0.15) is 10.4 Å². The molecular formula is C13H15N3O2. The SMILES string of the molecule is O=Cc1ccc(N2CCN3C(=O)NCC3C2)cc1. The van der Waals surface area contributed by atoms with Gasteiger partial charge in [0.15, 0.2) is 0 Å². The van der Waals surface area contributed by atoms with Gasteiger partial charge in [-0.1, -0.05) is 0 Å². The van der Waals surface area contributed by atoms with Crippen LogP contribution in [0.4, 0.5) is 10.5 Å². The number of fused-ring (bicyclic) bond motifs is 1. The average molecular weight is 245 g/mol. The van der Waals surface area contributed by atoms with E-state index in [2.05, 4.69) is 10.2 Å². The van der Waals surface area contributed by atoms with Crippen molar-refractivity contribution in [3.05, 3.63) is 29.8 Å². The number of carbonyl (C=O) groups is 2. The molecule has 0 aliphatic carbocycles. The highest BCUT2D eigenvalue weighted by molar-refractivity contribution is 5.78. The topological polar surface area (TPSA) is 52.7 Å². The zero-order valence-electron chi connectivity index (χ0n) is 10.0. The fraction of sp³-hybridized carbons (Fsp3) is 0.385. The number of hydrogen-bond donors (Lipinski definition) is 1. The molecule has 18 heavy (non-hydrogen) atoms. The lowest BCUT2D eigenvalue weighted by Gasteiger charge is -2.37. The van der Waals surface area contributed by atoms with Crippen molar-refractivity contribution in [1.29, 1.82) is 0 Å². The number of rotatable bonds is 2. The Morgan fingerprint density at radius 2 is 2.00 bits per heavy atom. The van der Waals surface area contributed by atoms with E-state index in [0.29, 0.717) is 5.56 Å². The first kappa shape index (κ1) is 11.1. The molecule has 0 aromatic heterocycles. The molecule has 5 heteroatoms. The number of carbonyl (C=O) groups excluding carboxylic acids is 2. The number of piperazine rings is 1. The van der Waals surface area contributed by atoms with Crippen LogP contribution in [0.25, 0.3) is 0 Å². The van der Waals surface area contributed by atoms with Crippen LogP contribution in [0.2, 0.25) is 0 Å². The maximum Gasteiger partial charge on any atom is 0.317 e. The first-order chi connectivity index (χ1) is 8.78. The molecule has 1 unspecified atom stereocenters. The summed E-state index contributed by atoms with van der Waals surface area (Å²) in [5, 5.41) is 2.87. The third kappa shape index (κ3) is 1.81. The number of amides is 2. The molecule has 0 saturated carbocycles. The van der Waals surface area contributed by atoms with E-state index in [0.717, 1.165) is 38.2 Å². The lowest BCUT2D eigenvalue weighted by atomic mass is 10.1. The summed E-state index contributed by atoms with van der Waals surface area (Å²) in [5.74, 6) is 0. The normalized spacial score (nSPS) is 22.7. The highest BCUT2D eigenvalue weighted by Crippen LogP contribution is 2.21. The first-order valence-electron chi connectivity index (χ1n) is 6.12. The summed E-state index contributed by atoms with van der Waals surface area (Å²) in [6, 6.07) is 7.89. The van der Waals surface area contributed by atoms with E-state index in [4.69, 9.17) is 0 Å². The van der Waals surface area contributed by atoms with Crippen molar-refractivity contribution < 1.29 is 9.59 Å². The van der Waals surface area contributed by atoms with E-state index in [9.17, 15) is 9.59 Å². The Morgan fingerprint density at radius 3 is 2.72 bits per heavy atom. The van der Waals surface area contributed by atoms with Crippen molar-refractivity contribution >= 4 is 18.0 Å². The molecular weight excluding hydrogens is 230 g/mol. The number of anilines is 1. The highest BCUT2D eigenvalue weighted by atomic mass is 16.2. The zero-order chi connectivity index (χ0) is 12.5. The zero-order valence-corrected chi connectivity index (χ0v) is 10.0. The van der Waals surface area contributed by atoms with Gasteiger partial charge >= 0.3 is 6.03 Å². The number of hydrogen-bond acceptors (Lipinski definition) is 3. The molecule has 3 rings (SSSR count). The van der Waals surface area contributed by atoms with Crippen LogP contribution in [-0.2, 0) is 0 Å². The molecule has 0 bridgehead atoms. The van der Waals surface area contributed by atoms with Gasteiger partial charge in [-0.3, -0.25) is 4.79 Å². The molecule has 94 valence electrons. The molecule has 2 aliphatic rings. The highest BCUT2D eigenvalue weighted by Gasteiger charge is 2.35. The van der Waals surface area contributed by atoms with Crippen molar-refractivity contribution in [2.45, 2.75) is 6.04 Å². The van der Waals surface area contributed by atoms with Crippen molar-refractivity contribution in [3.8, 4) is 0 Å². The molecule has 2 amide bonds. The molecule has 0 radical (unpaired) electrons. The van der Waals surface area contributed by atoms with E-state index in [1.807, 2.05) is 29.2 Å². The van der Waals surface area contributed by atoms with Crippen LogP contribution in [-0.4, -0.2) is 49.4 Å². The molecule has 0 spiro atoms. The van der Waals surface area contributed by atoms with Crippen molar-refractivity contribution in [1.82, 2.24) is 10.2 Å². The summed E-state index contributed by atoms with van der Waals surface area (Å²) < 4.78 is 0. The summed E-state index contributed by atoms with van der Waals surface area (Å²) in [6.07, 6.45) is 0.848. The van der Waals surface area contributed by atoms with E-state index >= 15 is 0 Å². The van der Waals surface area contributed by atoms with Crippen molar-refractivity contribution in [2.24, 2.45) is 0 Å². The van der Waals surface area contributed by atoms with Crippen LogP contribution in [0.3, 0.4) is 0 Å². The average Bonchev–Trinajstić information content (AvgIpc) is 2.80. The summed E-state index contributed by atoms with van der Waals surface area (Å²) in [6.45, 7) is 3.16. The van der Waals surface area contributed by atoms with E-state index in [-0.39, 0.29) is 12.1 Å². The van der Waals surface area contributed by atoms with Gasteiger partial charge in [-0.2, -0.15) is 0 Å². The number of benzene rings is 1.